The minimum Gasteiger partial charge on any atom is -0.390 e. The molecule has 1 aromatic heterocycles. The van der Waals surface area contributed by atoms with Crippen LogP contribution in [0, 0.1) is 5.92 Å². The van der Waals surface area contributed by atoms with E-state index in [1.807, 2.05) is 33.9 Å². The number of imidazole rings is 1. The maximum Gasteiger partial charge on any atom is 0.233 e. The first-order chi connectivity index (χ1) is 15.2. The topological polar surface area (TPSA) is 58.4 Å². The van der Waals surface area contributed by atoms with Gasteiger partial charge in [-0.15, -0.1) is 0 Å². The lowest BCUT2D eigenvalue weighted by molar-refractivity contribution is -0.129. The highest BCUT2D eigenvalue weighted by molar-refractivity contribution is 7.99. The molecule has 5 nitrogen and oxygen atoms in total. The monoisotopic (exact) mass is 435 g/mol. The van der Waals surface area contributed by atoms with Crippen molar-refractivity contribution in [2.75, 3.05) is 18.8 Å². The molecule has 1 aliphatic heterocycles. The highest BCUT2D eigenvalue weighted by atomic mass is 32.2. The number of hydrogen-bond acceptors (Lipinski definition) is 4. The number of likely N-dealkylation sites (tertiary alicyclic amines) is 1. The summed E-state index contributed by atoms with van der Waals surface area (Å²) < 4.78 is 2.02. The second-order valence-electron chi connectivity index (χ2n) is 8.09. The van der Waals surface area contributed by atoms with Crippen LogP contribution in [-0.2, 0) is 24.4 Å². The lowest BCUT2D eigenvalue weighted by atomic mass is 9.90. The Morgan fingerprint density at radius 3 is 2.29 bits per heavy atom. The Hall–Kier alpha value is -2.57. The van der Waals surface area contributed by atoms with E-state index >= 15 is 0 Å². The van der Waals surface area contributed by atoms with Gasteiger partial charge in [0, 0.05) is 25.8 Å². The van der Waals surface area contributed by atoms with Gasteiger partial charge in [0.05, 0.1) is 18.1 Å². The molecule has 0 aliphatic carbocycles. The standard InChI is InChI=1S/C25H29N3O2S/c29-18-23-17-28(16-22-9-5-2-6-10-22)25(26-23)31-19-24(30)27-13-11-21(12-14-27)15-20-7-3-1-4-8-20/h1-10,17,21,29H,11-16,18-19H2. The summed E-state index contributed by atoms with van der Waals surface area (Å²) in [6.45, 7) is 2.24. The van der Waals surface area contributed by atoms with Crippen molar-refractivity contribution in [1.29, 1.82) is 0 Å². The largest absolute Gasteiger partial charge is 0.390 e. The van der Waals surface area contributed by atoms with Gasteiger partial charge < -0.3 is 14.6 Å². The first-order valence-corrected chi connectivity index (χ1v) is 11.8. The van der Waals surface area contributed by atoms with Crippen molar-refractivity contribution in [3.05, 3.63) is 83.7 Å². The number of rotatable bonds is 8. The summed E-state index contributed by atoms with van der Waals surface area (Å²) in [7, 11) is 0. The SMILES string of the molecule is O=C(CSc1nc(CO)cn1Cc1ccccc1)N1CCC(Cc2ccccc2)CC1. The zero-order chi connectivity index (χ0) is 21.5. The fourth-order valence-corrected chi connectivity index (χ4v) is 4.99. The van der Waals surface area contributed by atoms with Crippen LogP contribution in [0.3, 0.4) is 0 Å². The van der Waals surface area contributed by atoms with Gasteiger partial charge in [-0.1, -0.05) is 72.4 Å². The predicted octanol–water partition coefficient (Wildman–Crippen LogP) is 4.00. The van der Waals surface area contributed by atoms with Crippen LogP contribution < -0.4 is 0 Å². The molecule has 1 amide bonds. The second-order valence-corrected chi connectivity index (χ2v) is 9.03. The summed E-state index contributed by atoms with van der Waals surface area (Å²) >= 11 is 1.46. The minimum atomic E-state index is -0.0990. The van der Waals surface area contributed by atoms with Gasteiger partial charge in [-0.25, -0.2) is 4.98 Å². The van der Waals surface area contributed by atoms with Crippen LogP contribution in [0.1, 0.15) is 29.7 Å². The Kier molecular flexibility index (Phi) is 7.43. The molecule has 1 aliphatic rings. The molecule has 6 heteroatoms. The Labute approximate surface area is 188 Å². The van der Waals surface area contributed by atoms with Gasteiger partial charge in [0.1, 0.15) is 0 Å². The summed E-state index contributed by atoms with van der Waals surface area (Å²) in [6.07, 6.45) is 5.08. The van der Waals surface area contributed by atoms with E-state index in [1.165, 1.54) is 17.3 Å². The quantitative estimate of drug-likeness (QED) is 0.544. The number of hydrogen-bond donors (Lipinski definition) is 1. The highest BCUT2D eigenvalue weighted by Gasteiger charge is 2.23. The first-order valence-electron chi connectivity index (χ1n) is 10.9. The molecule has 2 aromatic carbocycles. The van der Waals surface area contributed by atoms with Gasteiger partial charge in [0.15, 0.2) is 5.16 Å². The number of aliphatic hydroxyl groups excluding tert-OH is 1. The number of thioether (sulfide) groups is 1. The molecular formula is C25H29N3O2S. The van der Waals surface area contributed by atoms with Gasteiger partial charge in [-0.3, -0.25) is 4.79 Å². The van der Waals surface area contributed by atoms with E-state index in [0.717, 1.165) is 43.1 Å². The lowest BCUT2D eigenvalue weighted by Gasteiger charge is -2.32. The van der Waals surface area contributed by atoms with E-state index in [0.29, 0.717) is 23.9 Å². The van der Waals surface area contributed by atoms with Gasteiger partial charge in [0.25, 0.3) is 0 Å². The third-order valence-corrected chi connectivity index (χ3v) is 6.78. The van der Waals surface area contributed by atoms with Crippen molar-refractivity contribution in [3.8, 4) is 0 Å². The van der Waals surface area contributed by atoms with E-state index in [1.54, 1.807) is 0 Å². The van der Waals surface area contributed by atoms with Crippen LogP contribution in [0.2, 0.25) is 0 Å². The molecule has 0 bridgehead atoms. The molecule has 1 saturated heterocycles. The van der Waals surface area contributed by atoms with E-state index in [4.69, 9.17) is 0 Å². The van der Waals surface area contributed by atoms with E-state index in [-0.39, 0.29) is 12.5 Å². The molecular weight excluding hydrogens is 406 g/mol. The molecule has 162 valence electrons. The number of aliphatic hydroxyl groups is 1. The lowest BCUT2D eigenvalue weighted by Crippen LogP contribution is -2.39. The average Bonchev–Trinajstić information content (AvgIpc) is 3.21. The maximum absolute atomic E-state index is 12.8. The van der Waals surface area contributed by atoms with Gasteiger partial charge in [-0.05, 0) is 36.3 Å². The fraction of sp³-hybridized carbons (Fsp3) is 0.360. The number of amides is 1. The number of carbonyl (C=O) groups is 1. The summed E-state index contributed by atoms with van der Waals surface area (Å²) in [5.41, 5.74) is 3.18. The fourth-order valence-electron chi connectivity index (χ4n) is 4.09. The number of carbonyl (C=O) groups excluding carboxylic acids is 1. The number of aromatic nitrogens is 2. The molecule has 0 saturated carbocycles. The first kappa shape index (κ1) is 21.7. The van der Waals surface area contributed by atoms with Crippen LogP contribution in [-0.4, -0.2) is 44.3 Å². The van der Waals surface area contributed by atoms with Crippen molar-refractivity contribution in [1.82, 2.24) is 14.5 Å². The molecule has 31 heavy (non-hydrogen) atoms. The van der Waals surface area contributed by atoms with E-state index < -0.39 is 0 Å². The third-order valence-electron chi connectivity index (χ3n) is 5.81. The van der Waals surface area contributed by atoms with Gasteiger partial charge in [0.2, 0.25) is 5.91 Å². The summed E-state index contributed by atoms with van der Waals surface area (Å²) in [5.74, 6) is 1.19. The van der Waals surface area contributed by atoms with Crippen molar-refractivity contribution in [3.63, 3.8) is 0 Å². The second kappa shape index (κ2) is 10.6. The van der Waals surface area contributed by atoms with Crippen LogP contribution in [0.15, 0.2) is 72.0 Å². The Morgan fingerprint density at radius 2 is 1.65 bits per heavy atom. The Bertz CT molecular complexity index is 967. The Morgan fingerprint density at radius 1 is 1.00 bits per heavy atom. The average molecular weight is 436 g/mol. The molecule has 1 N–H and O–H groups in total. The van der Waals surface area contributed by atoms with Gasteiger partial charge >= 0.3 is 0 Å². The number of piperidine rings is 1. The molecule has 3 aromatic rings. The van der Waals surface area contributed by atoms with Crippen molar-refractivity contribution < 1.29 is 9.90 Å². The van der Waals surface area contributed by atoms with E-state index in [9.17, 15) is 9.90 Å². The molecule has 0 atom stereocenters. The van der Waals surface area contributed by atoms with Crippen LogP contribution >= 0.6 is 11.8 Å². The Balaban J connectivity index is 1.29. The zero-order valence-corrected chi connectivity index (χ0v) is 18.5. The zero-order valence-electron chi connectivity index (χ0n) is 17.7. The maximum atomic E-state index is 12.8. The third kappa shape index (κ3) is 5.99. The normalized spacial score (nSPS) is 14.7. The van der Waals surface area contributed by atoms with Crippen LogP contribution in [0.25, 0.3) is 0 Å². The molecule has 4 rings (SSSR count). The summed E-state index contributed by atoms with van der Waals surface area (Å²) in [6, 6.07) is 20.8. The molecule has 2 heterocycles. The summed E-state index contributed by atoms with van der Waals surface area (Å²) in [4.78, 5) is 19.3. The van der Waals surface area contributed by atoms with Crippen molar-refractivity contribution in [2.24, 2.45) is 5.92 Å². The highest BCUT2D eigenvalue weighted by Crippen LogP contribution is 2.24. The molecule has 1 fully saturated rings. The van der Waals surface area contributed by atoms with Crippen molar-refractivity contribution in [2.45, 2.75) is 37.6 Å². The summed E-state index contributed by atoms with van der Waals surface area (Å²) in [5, 5.41) is 10.3. The van der Waals surface area contributed by atoms with Crippen LogP contribution in [0.4, 0.5) is 0 Å². The molecule has 0 radical (unpaired) electrons. The number of benzene rings is 2. The predicted molar refractivity (Wildman–Crippen MR) is 124 cm³/mol. The molecule has 0 unspecified atom stereocenters. The van der Waals surface area contributed by atoms with Gasteiger partial charge in [-0.2, -0.15) is 0 Å². The molecule has 0 spiro atoms. The smallest absolute Gasteiger partial charge is 0.233 e. The number of nitrogens with zero attached hydrogens (tertiary/aromatic N) is 3. The van der Waals surface area contributed by atoms with Crippen LogP contribution in [0.5, 0.6) is 0 Å². The minimum absolute atomic E-state index is 0.0990. The van der Waals surface area contributed by atoms with E-state index in [2.05, 4.69) is 47.4 Å². The van der Waals surface area contributed by atoms with Crippen molar-refractivity contribution >= 4 is 17.7 Å².